The quantitative estimate of drug-likeness (QED) is 0.653. The van der Waals surface area contributed by atoms with E-state index in [2.05, 4.69) is 10.2 Å². The van der Waals surface area contributed by atoms with E-state index in [9.17, 15) is 19.2 Å². The zero-order valence-corrected chi connectivity index (χ0v) is 19.3. The molecule has 9 nitrogen and oxygen atoms in total. The van der Waals surface area contributed by atoms with Gasteiger partial charge < -0.3 is 15.1 Å². The van der Waals surface area contributed by atoms with Crippen molar-refractivity contribution in [3.05, 3.63) is 0 Å². The number of amides is 5. The van der Waals surface area contributed by atoms with Gasteiger partial charge in [-0.3, -0.25) is 24.2 Å². The van der Waals surface area contributed by atoms with Crippen molar-refractivity contribution < 1.29 is 19.2 Å². The van der Waals surface area contributed by atoms with E-state index in [1.807, 2.05) is 11.8 Å². The first kappa shape index (κ1) is 23.0. The number of piperidine rings is 2. The number of rotatable bonds is 4. The molecule has 4 rings (SSSR count). The molecule has 0 bridgehead atoms. The Morgan fingerprint density at radius 1 is 0.906 bits per heavy atom. The molecule has 0 aromatic heterocycles. The Hall–Kier alpha value is -2.16. The van der Waals surface area contributed by atoms with Crippen LogP contribution in [0.3, 0.4) is 0 Å². The van der Waals surface area contributed by atoms with Crippen LogP contribution >= 0.6 is 0 Å². The molecule has 4 heterocycles. The predicted molar refractivity (Wildman–Crippen MR) is 119 cm³/mol. The maximum atomic E-state index is 13.4. The first-order valence-electron chi connectivity index (χ1n) is 12.4. The van der Waals surface area contributed by atoms with Crippen LogP contribution in [0, 0.1) is 0 Å². The minimum Gasteiger partial charge on any atom is -0.343 e. The molecule has 4 saturated heterocycles. The molecular weight excluding hydrogens is 410 g/mol. The fourth-order valence-electron chi connectivity index (χ4n) is 5.65. The summed E-state index contributed by atoms with van der Waals surface area (Å²) in [6.07, 6.45) is 7.60. The Labute approximate surface area is 190 Å². The number of carbonyl (C=O) groups excluding carboxylic acids is 4. The number of nitrogens with zero attached hydrogens (tertiary/aromatic N) is 4. The highest BCUT2D eigenvalue weighted by molar-refractivity contribution is 6.07. The molecular formula is C23H37N5O4. The predicted octanol–water partition coefficient (Wildman–Crippen LogP) is 1.18. The van der Waals surface area contributed by atoms with Crippen LogP contribution in [0.15, 0.2) is 0 Å². The van der Waals surface area contributed by atoms with Gasteiger partial charge in [0.15, 0.2) is 0 Å². The summed E-state index contributed by atoms with van der Waals surface area (Å²) in [5.74, 6) is 0.00184. The topological polar surface area (TPSA) is 93.3 Å². The maximum absolute atomic E-state index is 13.4. The highest BCUT2D eigenvalue weighted by Gasteiger charge is 2.54. The van der Waals surface area contributed by atoms with E-state index >= 15 is 0 Å². The van der Waals surface area contributed by atoms with Gasteiger partial charge in [-0.05, 0) is 51.6 Å². The lowest BCUT2D eigenvalue weighted by atomic mass is 9.87. The molecule has 1 spiro atoms. The van der Waals surface area contributed by atoms with E-state index in [0.717, 1.165) is 38.8 Å². The molecule has 4 fully saturated rings. The number of nitrogens with one attached hydrogen (secondary N) is 1. The number of imide groups is 1. The van der Waals surface area contributed by atoms with Crippen LogP contribution in [0.5, 0.6) is 0 Å². The average molecular weight is 448 g/mol. The van der Waals surface area contributed by atoms with Crippen LogP contribution < -0.4 is 5.32 Å². The zero-order chi connectivity index (χ0) is 22.7. The molecule has 1 N–H and O–H groups in total. The Kier molecular flexibility index (Phi) is 7.02. The van der Waals surface area contributed by atoms with Crippen molar-refractivity contribution in [2.24, 2.45) is 0 Å². The monoisotopic (exact) mass is 447 g/mol. The molecule has 5 amide bonds. The summed E-state index contributed by atoms with van der Waals surface area (Å²) >= 11 is 0. The summed E-state index contributed by atoms with van der Waals surface area (Å²) in [5.41, 5.74) is -0.903. The number of hydrogen-bond acceptors (Lipinski definition) is 5. The SMILES string of the molecule is CCC(=O)N1CCC2(CC1)NC(=O)N(C1CCCN(C(=O)CN3CCCCCC3)C1)C2=O. The van der Waals surface area contributed by atoms with Gasteiger partial charge in [-0.1, -0.05) is 19.8 Å². The molecule has 0 radical (unpaired) electrons. The molecule has 4 aliphatic rings. The summed E-state index contributed by atoms with van der Waals surface area (Å²) in [6.45, 7) is 6.27. The second kappa shape index (κ2) is 9.77. The number of urea groups is 1. The third kappa shape index (κ3) is 4.63. The van der Waals surface area contributed by atoms with Crippen molar-refractivity contribution in [3.8, 4) is 0 Å². The second-order valence-corrected chi connectivity index (χ2v) is 9.75. The van der Waals surface area contributed by atoms with Gasteiger partial charge in [0.2, 0.25) is 11.8 Å². The lowest BCUT2D eigenvalue weighted by Gasteiger charge is -2.39. The van der Waals surface area contributed by atoms with Crippen LogP contribution in [0.2, 0.25) is 0 Å². The molecule has 0 aromatic rings. The largest absolute Gasteiger partial charge is 0.343 e. The summed E-state index contributed by atoms with van der Waals surface area (Å²) in [4.78, 5) is 58.5. The number of likely N-dealkylation sites (tertiary alicyclic amines) is 3. The van der Waals surface area contributed by atoms with Crippen molar-refractivity contribution in [2.45, 2.75) is 76.3 Å². The third-order valence-electron chi connectivity index (χ3n) is 7.64. The van der Waals surface area contributed by atoms with Gasteiger partial charge >= 0.3 is 6.03 Å². The van der Waals surface area contributed by atoms with Gasteiger partial charge in [-0.2, -0.15) is 0 Å². The van der Waals surface area contributed by atoms with Crippen LogP contribution in [0.1, 0.15) is 64.7 Å². The van der Waals surface area contributed by atoms with Gasteiger partial charge in [-0.25, -0.2) is 4.79 Å². The van der Waals surface area contributed by atoms with Crippen molar-refractivity contribution in [1.29, 1.82) is 0 Å². The smallest absolute Gasteiger partial charge is 0.325 e. The Morgan fingerprint density at radius 3 is 2.25 bits per heavy atom. The maximum Gasteiger partial charge on any atom is 0.325 e. The minimum atomic E-state index is -0.903. The van der Waals surface area contributed by atoms with Crippen LogP contribution in [-0.4, -0.2) is 101 Å². The summed E-state index contributed by atoms with van der Waals surface area (Å²) in [7, 11) is 0. The molecule has 1 atom stereocenters. The summed E-state index contributed by atoms with van der Waals surface area (Å²) in [6, 6.07) is -0.629. The van der Waals surface area contributed by atoms with E-state index in [1.54, 1.807) is 4.90 Å². The van der Waals surface area contributed by atoms with Gasteiger partial charge in [0.1, 0.15) is 5.54 Å². The molecule has 0 aliphatic carbocycles. The standard InChI is InChI=1S/C23H37N5O4/c1-2-19(29)26-14-9-23(10-15-26)21(31)28(22(32)24-23)18-8-7-13-27(16-18)20(30)17-25-11-5-3-4-6-12-25/h18H,2-17H2,1H3,(H,24,32). The van der Waals surface area contributed by atoms with Crippen LogP contribution in [0.25, 0.3) is 0 Å². The van der Waals surface area contributed by atoms with E-state index < -0.39 is 5.54 Å². The average Bonchev–Trinajstić information content (AvgIpc) is 2.96. The molecule has 178 valence electrons. The first-order valence-corrected chi connectivity index (χ1v) is 12.4. The number of hydrogen-bond donors (Lipinski definition) is 1. The first-order chi connectivity index (χ1) is 15.4. The Morgan fingerprint density at radius 2 is 1.59 bits per heavy atom. The summed E-state index contributed by atoms with van der Waals surface area (Å²) < 4.78 is 0. The van der Waals surface area contributed by atoms with Gasteiger partial charge in [0, 0.05) is 32.6 Å². The van der Waals surface area contributed by atoms with Crippen molar-refractivity contribution >= 4 is 23.8 Å². The number of carbonyl (C=O) groups is 4. The van der Waals surface area contributed by atoms with Gasteiger partial charge in [0.05, 0.1) is 12.6 Å². The molecule has 1 unspecified atom stereocenters. The van der Waals surface area contributed by atoms with Crippen molar-refractivity contribution in [2.75, 3.05) is 45.8 Å². The second-order valence-electron chi connectivity index (χ2n) is 9.75. The lowest BCUT2D eigenvalue weighted by molar-refractivity contribution is -0.141. The Bertz CT molecular complexity index is 741. The van der Waals surface area contributed by atoms with Crippen LogP contribution in [-0.2, 0) is 14.4 Å². The summed E-state index contributed by atoms with van der Waals surface area (Å²) in [5, 5.41) is 2.95. The van der Waals surface area contributed by atoms with E-state index in [4.69, 9.17) is 0 Å². The van der Waals surface area contributed by atoms with Gasteiger partial charge in [-0.15, -0.1) is 0 Å². The molecule has 32 heavy (non-hydrogen) atoms. The molecule has 4 aliphatic heterocycles. The minimum absolute atomic E-state index is 0.0827. The van der Waals surface area contributed by atoms with Crippen molar-refractivity contribution in [3.63, 3.8) is 0 Å². The fourth-order valence-corrected chi connectivity index (χ4v) is 5.65. The molecule has 0 aromatic carbocycles. The normalized spacial score (nSPS) is 26.9. The fraction of sp³-hybridized carbons (Fsp3) is 0.826. The molecule has 0 saturated carbocycles. The van der Waals surface area contributed by atoms with E-state index in [-0.39, 0.29) is 29.8 Å². The van der Waals surface area contributed by atoms with E-state index in [0.29, 0.717) is 52.0 Å². The van der Waals surface area contributed by atoms with Crippen molar-refractivity contribution in [1.82, 2.24) is 24.9 Å². The van der Waals surface area contributed by atoms with E-state index in [1.165, 1.54) is 17.7 Å². The lowest BCUT2D eigenvalue weighted by Crippen LogP contribution is -2.57. The third-order valence-corrected chi connectivity index (χ3v) is 7.64. The Balaban J connectivity index is 1.37. The highest BCUT2D eigenvalue weighted by atomic mass is 16.2. The highest BCUT2D eigenvalue weighted by Crippen LogP contribution is 2.32. The zero-order valence-electron chi connectivity index (χ0n) is 19.3. The molecule has 9 heteroatoms. The van der Waals surface area contributed by atoms with Crippen LogP contribution in [0.4, 0.5) is 4.79 Å². The van der Waals surface area contributed by atoms with Gasteiger partial charge in [0.25, 0.3) is 5.91 Å².